The lowest BCUT2D eigenvalue weighted by atomic mass is 9.33. The van der Waals surface area contributed by atoms with Crippen molar-refractivity contribution in [1.82, 2.24) is 9.13 Å². The maximum atomic E-state index is 9.88. The van der Waals surface area contributed by atoms with Crippen molar-refractivity contribution in [3.05, 3.63) is 257 Å². The van der Waals surface area contributed by atoms with E-state index in [0.717, 1.165) is 100 Å². The summed E-state index contributed by atoms with van der Waals surface area (Å²) in [6.07, 6.45) is 0. The highest BCUT2D eigenvalue weighted by Crippen LogP contribution is 2.56. The SMILES string of the molecule is [2H]c1c([2H])c([2H])c2c(c1[2H])c1c([2H])c([2H])c([2H])c([2H])c1n2-c1ccc2c(c1)N(c1c(-c3cccc(C(C)(C)C)c3)cc(C(C)(C)C)cc1C(C)(C)C)c1cc(C(C)(C)C)cc3c1B2c1ccc(-n2c4c([2H])c([2H])c([2H])c([2H])c4c4c([2H])c([2H])c([2H])c([2H])c42)cc1N3c1c(-c2cccc(C(C)(C)C)c2)cc(C(C)(C)C)cc1C(C)(C)C. The number of hydrogen-bond donors (Lipinski definition) is 0. The van der Waals surface area contributed by atoms with Gasteiger partial charge in [-0.2, -0.15) is 0 Å². The molecule has 0 atom stereocenters. The number of benzene rings is 11. The van der Waals surface area contributed by atoms with E-state index in [2.05, 4.69) is 252 Å². The zero-order valence-corrected chi connectivity index (χ0v) is 61.4. The minimum atomic E-state index is -0.723. The van der Waals surface area contributed by atoms with Crippen molar-refractivity contribution < 1.29 is 21.9 Å². The molecule has 0 N–H and O–H groups in total. The molecule has 0 saturated heterocycles. The largest absolute Gasteiger partial charge is 0.310 e. The van der Waals surface area contributed by atoms with Crippen molar-refractivity contribution in [2.24, 2.45) is 0 Å². The molecule has 15 rings (SSSR count). The number of fused-ring (bicyclic) bond motifs is 10. The fourth-order valence-corrected chi connectivity index (χ4v) is 15.0. The molecule has 0 radical (unpaired) electrons. The molecule has 5 heteroatoms. The van der Waals surface area contributed by atoms with Gasteiger partial charge >= 0.3 is 0 Å². The van der Waals surface area contributed by atoms with Crippen LogP contribution in [-0.4, -0.2) is 15.8 Å². The number of para-hydroxylation sites is 4. The minimum Gasteiger partial charge on any atom is -0.310 e. The van der Waals surface area contributed by atoms with Gasteiger partial charge in [0.05, 0.1) is 55.4 Å². The molecule has 0 saturated carbocycles. The van der Waals surface area contributed by atoms with Crippen LogP contribution < -0.4 is 26.2 Å². The molecular formula is C94H99BN4. The van der Waals surface area contributed by atoms with Gasteiger partial charge in [-0.05, 0) is 177 Å². The third kappa shape index (κ3) is 11.0. The Hall–Kier alpha value is -9.32. The van der Waals surface area contributed by atoms with E-state index in [1.807, 2.05) is 24.3 Å². The number of rotatable bonds is 6. The first-order chi connectivity index (χ1) is 53.2. The van der Waals surface area contributed by atoms with Crippen LogP contribution >= 0.6 is 0 Å². The van der Waals surface area contributed by atoms with Gasteiger partial charge < -0.3 is 18.9 Å². The van der Waals surface area contributed by atoms with E-state index >= 15 is 0 Å². The van der Waals surface area contributed by atoms with E-state index < -0.39 is 120 Å². The van der Waals surface area contributed by atoms with E-state index in [1.165, 1.54) is 0 Å². The van der Waals surface area contributed by atoms with Crippen molar-refractivity contribution >= 4 is 101 Å². The number of nitrogens with zero attached hydrogens (tertiary/aromatic N) is 4. The van der Waals surface area contributed by atoms with Gasteiger partial charge in [0.15, 0.2) is 0 Å². The molecule has 13 aromatic rings. The van der Waals surface area contributed by atoms with Gasteiger partial charge in [-0.3, -0.25) is 0 Å². The second-order valence-electron chi connectivity index (χ2n) is 34.8. The second kappa shape index (κ2) is 22.6. The van der Waals surface area contributed by atoms with Crippen LogP contribution in [0.5, 0.6) is 0 Å². The van der Waals surface area contributed by atoms with Gasteiger partial charge in [0.2, 0.25) is 0 Å². The lowest BCUT2D eigenvalue weighted by Crippen LogP contribution is -2.61. The standard InChI is InChI=1S/C94H99BN4/c1-88(2,3)60-34-30-32-58(48-60)71-50-62(90(7,8)9)52-73(93(16,17)18)86(71)98-81-56-65(96-77-40-26-22-36-67(77)68-37-23-27-41-78(68)96)44-46-75(81)95-76-47-45-66(97-79-42-28-24-38-69(79)70-39-25-29-43-80(70)97)57-82(76)99(84-55-64(92(13,14)15)54-83(98)85(84)95)87-72(59-33-31-35-61(49-59)89(4,5)6)51-63(91(10,11)12)53-74(87)94(19,20)21/h22-57H,1-21H3/i22D,23D,24D,25D,26D,27D,28D,29D,36D,37D,38D,39D,40D,41D,42D,43D. The number of hydrogen-bond acceptors (Lipinski definition) is 2. The van der Waals surface area contributed by atoms with Crippen molar-refractivity contribution in [3.63, 3.8) is 0 Å². The zero-order chi connectivity index (χ0) is 84.1. The summed E-state index contributed by atoms with van der Waals surface area (Å²) in [6, 6.07) is 35.6. The molecule has 0 aliphatic carbocycles. The second-order valence-corrected chi connectivity index (χ2v) is 34.8. The maximum Gasteiger partial charge on any atom is 0.252 e. The monoisotopic (exact) mass is 1310 g/mol. The smallest absolute Gasteiger partial charge is 0.252 e. The first kappa shape index (κ1) is 49.2. The van der Waals surface area contributed by atoms with Crippen LogP contribution in [0.2, 0.25) is 0 Å². The third-order valence-corrected chi connectivity index (χ3v) is 20.6. The molecule has 4 heterocycles. The Morgan fingerprint density at radius 1 is 0.293 bits per heavy atom. The summed E-state index contributed by atoms with van der Waals surface area (Å²) in [7, 11) is 0. The fraction of sp³-hybridized carbons (Fsp3) is 0.298. The molecule has 0 spiro atoms. The van der Waals surface area contributed by atoms with Gasteiger partial charge in [-0.1, -0.05) is 291 Å². The summed E-state index contributed by atoms with van der Waals surface area (Å²) < 4.78 is 155. The molecule has 2 aliphatic heterocycles. The molecule has 99 heavy (non-hydrogen) atoms. The molecule has 0 amide bonds. The molecule has 2 aromatic heterocycles. The van der Waals surface area contributed by atoms with Gasteiger partial charge in [0, 0.05) is 66.8 Å². The predicted molar refractivity (Wildman–Crippen MR) is 431 cm³/mol. The molecule has 0 unspecified atom stereocenters. The molecule has 0 fully saturated rings. The third-order valence-electron chi connectivity index (χ3n) is 20.6. The van der Waals surface area contributed by atoms with Crippen LogP contribution in [0.15, 0.2) is 218 Å². The Kier molecular flexibility index (Phi) is 11.2. The molecule has 2 aliphatic rings. The average Bonchev–Trinajstić information content (AvgIpc) is 1.24. The number of aromatic nitrogens is 2. The number of anilines is 6. The van der Waals surface area contributed by atoms with Crippen LogP contribution in [0.3, 0.4) is 0 Å². The quantitative estimate of drug-likeness (QED) is 0.154. The minimum absolute atomic E-state index is 0.0282. The predicted octanol–water partition coefficient (Wildman–Crippen LogP) is 24.4. The summed E-state index contributed by atoms with van der Waals surface area (Å²) in [6.45, 7) is 46.1. The average molecular weight is 1310 g/mol. The summed E-state index contributed by atoms with van der Waals surface area (Å²) >= 11 is 0. The lowest BCUT2D eigenvalue weighted by Gasteiger charge is -2.47. The van der Waals surface area contributed by atoms with Crippen molar-refractivity contribution in [3.8, 4) is 33.6 Å². The van der Waals surface area contributed by atoms with Crippen LogP contribution in [0.4, 0.5) is 34.1 Å². The van der Waals surface area contributed by atoms with E-state index in [9.17, 15) is 16.4 Å². The van der Waals surface area contributed by atoms with Crippen molar-refractivity contribution in [2.45, 2.75) is 183 Å². The molecule has 498 valence electrons. The summed E-state index contributed by atoms with van der Waals surface area (Å²) in [5, 5.41) is -0.214. The Labute approximate surface area is 612 Å². The Balaban J connectivity index is 1.21. The first-order valence-corrected chi connectivity index (χ1v) is 34.9. The van der Waals surface area contributed by atoms with Crippen LogP contribution in [-0.2, 0) is 37.9 Å². The Morgan fingerprint density at radius 2 is 0.606 bits per heavy atom. The highest BCUT2D eigenvalue weighted by Gasteiger charge is 2.47. The Bertz CT molecular complexity index is 5900. The summed E-state index contributed by atoms with van der Waals surface area (Å²) in [4.78, 5) is 4.82. The molecule has 4 nitrogen and oxygen atoms in total. The van der Waals surface area contributed by atoms with Crippen molar-refractivity contribution in [1.29, 1.82) is 0 Å². The normalized spacial score (nSPS) is 16.1. The van der Waals surface area contributed by atoms with Crippen molar-refractivity contribution in [2.75, 3.05) is 9.80 Å². The molecule has 0 bridgehead atoms. The zero-order valence-electron chi connectivity index (χ0n) is 77.4. The van der Waals surface area contributed by atoms with E-state index in [1.54, 1.807) is 9.13 Å². The lowest BCUT2D eigenvalue weighted by molar-refractivity contribution is 0.569. The molecule has 11 aromatic carbocycles. The summed E-state index contributed by atoms with van der Waals surface area (Å²) in [5.74, 6) is 0. The van der Waals surface area contributed by atoms with E-state index in [-0.39, 0.29) is 65.3 Å². The highest BCUT2D eigenvalue weighted by molar-refractivity contribution is 7.00. The van der Waals surface area contributed by atoms with E-state index in [4.69, 9.17) is 5.48 Å². The van der Waals surface area contributed by atoms with E-state index in [0.29, 0.717) is 22.7 Å². The maximum absolute atomic E-state index is 9.88. The van der Waals surface area contributed by atoms with Gasteiger partial charge in [-0.25, -0.2) is 0 Å². The van der Waals surface area contributed by atoms with Gasteiger partial charge in [0.1, 0.15) is 0 Å². The molecular weight excluding hydrogens is 1200 g/mol. The van der Waals surface area contributed by atoms with Crippen LogP contribution in [0, 0.1) is 0 Å². The fourth-order valence-electron chi connectivity index (χ4n) is 15.0. The van der Waals surface area contributed by atoms with Crippen LogP contribution in [0.1, 0.15) is 206 Å². The first-order valence-electron chi connectivity index (χ1n) is 42.9. The van der Waals surface area contributed by atoms with Gasteiger partial charge in [0.25, 0.3) is 6.71 Å². The Morgan fingerprint density at radius 3 is 0.919 bits per heavy atom. The summed E-state index contributed by atoms with van der Waals surface area (Å²) in [5.41, 5.74) is 15.7. The van der Waals surface area contributed by atoms with Crippen LogP contribution in [0.25, 0.3) is 77.2 Å². The highest BCUT2D eigenvalue weighted by atomic mass is 15.2. The van der Waals surface area contributed by atoms with Gasteiger partial charge in [-0.15, -0.1) is 0 Å². The topological polar surface area (TPSA) is 16.3 Å².